The normalized spacial score (nSPS) is 11.4. The number of aromatic nitrogens is 1. The first kappa shape index (κ1) is 20.2. The smallest absolute Gasteiger partial charge is 0.266 e. The highest BCUT2D eigenvalue weighted by molar-refractivity contribution is 9.10. The fourth-order valence-corrected chi connectivity index (χ4v) is 4.25. The number of rotatable bonds is 7. The van der Waals surface area contributed by atoms with Gasteiger partial charge in [0.2, 0.25) is 20.7 Å². The Labute approximate surface area is 181 Å². The minimum absolute atomic E-state index is 0.00604. The molecule has 2 aromatic heterocycles. The van der Waals surface area contributed by atoms with Crippen molar-refractivity contribution in [3.63, 3.8) is 0 Å². The highest BCUT2D eigenvalue weighted by atomic mass is 79.9. The number of nitrogens with one attached hydrogen (secondary N) is 1. The summed E-state index contributed by atoms with van der Waals surface area (Å²) >= 11 is 3.31. The van der Waals surface area contributed by atoms with Gasteiger partial charge >= 0.3 is 0 Å². The molecule has 9 heteroatoms. The van der Waals surface area contributed by atoms with E-state index in [1.54, 1.807) is 48.5 Å². The highest BCUT2D eigenvalue weighted by Gasteiger charge is 2.29. The predicted octanol–water partition coefficient (Wildman–Crippen LogP) is 5.67. The first-order chi connectivity index (χ1) is 14.5. The van der Waals surface area contributed by atoms with E-state index in [1.165, 1.54) is 18.4 Å². The van der Waals surface area contributed by atoms with Crippen molar-refractivity contribution >= 4 is 37.3 Å². The van der Waals surface area contributed by atoms with Crippen molar-refractivity contribution in [3.8, 4) is 17.4 Å². The number of nitrogens with zero attached hydrogens (tertiary/aromatic N) is 1. The Morgan fingerprint density at radius 3 is 2.43 bits per heavy atom. The van der Waals surface area contributed by atoms with Gasteiger partial charge in [-0.15, -0.1) is 0 Å². The van der Waals surface area contributed by atoms with Crippen LogP contribution in [0.3, 0.4) is 0 Å². The van der Waals surface area contributed by atoms with Crippen LogP contribution in [0.15, 0.2) is 90.2 Å². The molecular formula is C21H17BrN2O5S. The number of furan rings is 1. The Morgan fingerprint density at radius 1 is 1.07 bits per heavy atom. The molecule has 1 N–H and O–H groups in total. The van der Waals surface area contributed by atoms with Gasteiger partial charge in [0.25, 0.3) is 5.89 Å². The van der Waals surface area contributed by atoms with Crippen molar-refractivity contribution in [2.45, 2.75) is 16.8 Å². The molecule has 2 heterocycles. The lowest BCUT2D eigenvalue weighted by Crippen LogP contribution is -2.05. The molecule has 4 aromatic rings. The topological polar surface area (TPSA) is 94.6 Å². The van der Waals surface area contributed by atoms with Crippen LogP contribution in [-0.2, 0) is 9.84 Å². The monoisotopic (exact) mass is 488 g/mol. The summed E-state index contributed by atoms with van der Waals surface area (Å²) in [5.74, 6) is 1.08. The molecule has 0 saturated carbocycles. The van der Waals surface area contributed by atoms with Gasteiger partial charge in [-0.1, -0.05) is 15.9 Å². The second-order valence-corrected chi connectivity index (χ2v) is 8.95. The first-order valence-electron chi connectivity index (χ1n) is 9.02. The summed E-state index contributed by atoms with van der Waals surface area (Å²) in [6, 6.07) is 16.7. The maximum absolute atomic E-state index is 13.2. The second kappa shape index (κ2) is 8.37. The van der Waals surface area contributed by atoms with Crippen LogP contribution in [0.1, 0.15) is 6.92 Å². The summed E-state index contributed by atoms with van der Waals surface area (Å²) in [4.78, 5) is 4.32. The van der Waals surface area contributed by atoms with Crippen LogP contribution in [0.25, 0.3) is 11.7 Å². The summed E-state index contributed by atoms with van der Waals surface area (Å²) in [5.41, 5.74) is 0.618. The molecule has 0 aliphatic heterocycles. The summed E-state index contributed by atoms with van der Waals surface area (Å²) in [7, 11) is -3.95. The Kier molecular flexibility index (Phi) is 5.65. The van der Waals surface area contributed by atoms with Crippen LogP contribution >= 0.6 is 15.9 Å². The number of benzene rings is 2. The van der Waals surface area contributed by atoms with E-state index in [0.717, 1.165) is 4.47 Å². The standard InChI is InChI=1S/C21H17BrN2O5S/c1-2-27-16-9-7-15(8-10-16)23-20-21(24-19(29-20)18-4-3-13-28-18)30(25,26)17-11-5-14(22)6-12-17/h3-13,23H,2H2,1H3. The van der Waals surface area contributed by atoms with Crippen molar-refractivity contribution in [1.29, 1.82) is 0 Å². The maximum atomic E-state index is 13.2. The average molecular weight is 489 g/mol. The minimum atomic E-state index is -3.95. The van der Waals surface area contributed by atoms with Crippen molar-refractivity contribution in [2.75, 3.05) is 11.9 Å². The van der Waals surface area contributed by atoms with Crippen molar-refractivity contribution in [2.24, 2.45) is 0 Å². The summed E-state index contributed by atoms with van der Waals surface area (Å²) in [6.07, 6.45) is 1.46. The Morgan fingerprint density at radius 2 is 1.80 bits per heavy atom. The van der Waals surface area contributed by atoms with Gasteiger partial charge < -0.3 is 18.9 Å². The molecule has 0 fully saturated rings. The minimum Gasteiger partial charge on any atom is -0.494 e. The van der Waals surface area contributed by atoms with Gasteiger partial charge in [-0.3, -0.25) is 0 Å². The zero-order valence-electron chi connectivity index (χ0n) is 15.8. The molecule has 2 aromatic carbocycles. The third-order valence-electron chi connectivity index (χ3n) is 4.13. The molecule has 0 unspecified atom stereocenters. The molecule has 0 amide bonds. The van der Waals surface area contributed by atoms with Gasteiger partial charge in [-0.25, -0.2) is 8.42 Å². The lowest BCUT2D eigenvalue weighted by Gasteiger charge is -2.08. The van der Waals surface area contributed by atoms with Gasteiger partial charge in [0.15, 0.2) is 5.76 Å². The molecule has 154 valence electrons. The van der Waals surface area contributed by atoms with Crippen LogP contribution < -0.4 is 10.1 Å². The third kappa shape index (κ3) is 4.12. The van der Waals surface area contributed by atoms with Crippen LogP contribution in [0.5, 0.6) is 5.75 Å². The zero-order valence-corrected chi connectivity index (χ0v) is 18.2. The van der Waals surface area contributed by atoms with E-state index in [2.05, 4.69) is 26.2 Å². The van der Waals surface area contributed by atoms with Gasteiger partial charge in [0.1, 0.15) is 5.75 Å². The molecule has 0 atom stereocenters. The van der Waals surface area contributed by atoms with Crippen LogP contribution in [-0.4, -0.2) is 20.0 Å². The fraction of sp³-hybridized carbons (Fsp3) is 0.0952. The molecular weight excluding hydrogens is 472 g/mol. The van der Waals surface area contributed by atoms with Gasteiger partial charge in [0, 0.05) is 10.2 Å². The number of anilines is 2. The van der Waals surface area contributed by atoms with E-state index < -0.39 is 9.84 Å². The molecule has 0 radical (unpaired) electrons. The third-order valence-corrected chi connectivity index (χ3v) is 6.34. The SMILES string of the molecule is CCOc1ccc(Nc2oc(-c3ccco3)nc2S(=O)(=O)c2ccc(Br)cc2)cc1. The van der Waals surface area contributed by atoms with E-state index in [4.69, 9.17) is 13.6 Å². The Hall–Kier alpha value is -3.04. The molecule has 4 rings (SSSR count). The van der Waals surface area contributed by atoms with E-state index in [9.17, 15) is 8.42 Å². The highest BCUT2D eigenvalue weighted by Crippen LogP contribution is 2.34. The van der Waals surface area contributed by atoms with Gasteiger partial charge in [0.05, 0.1) is 17.8 Å². The quantitative estimate of drug-likeness (QED) is 0.357. The lowest BCUT2D eigenvalue weighted by atomic mass is 10.3. The number of hydrogen-bond donors (Lipinski definition) is 1. The maximum Gasteiger partial charge on any atom is 0.266 e. The molecule has 30 heavy (non-hydrogen) atoms. The predicted molar refractivity (Wildman–Crippen MR) is 115 cm³/mol. The molecule has 0 aliphatic carbocycles. The molecule has 0 saturated heterocycles. The average Bonchev–Trinajstić information content (AvgIpc) is 3.40. The van der Waals surface area contributed by atoms with Crippen molar-refractivity contribution < 1.29 is 22.0 Å². The summed E-state index contributed by atoms with van der Waals surface area (Å²) < 4.78 is 43.8. The Bertz CT molecular complexity index is 1230. The summed E-state index contributed by atoms with van der Waals surface area (Å²) in [5, 5.41) is 2.77. The van der Waals surface area contributed by atoms with Crippen molar-refractivity contribution in [1.82, 2.24) is 4.98 Å². The van der Waals surface area contributed by atoms with E-state index in [0.29, 0.717) is 23.8 Å². The lowest BCUT2D eigenvalue weighted by molar-refractivity contribution is 0.340. The first-order valence-corrected chi connectivity index (χ1v) is 11.3. The van der Waals surface area contributed by atoms with Gasteiger partial charge in [-0.05, 0) is 67.6 Å². The van der Waals surface area contributed by atoms with Crippen LogP contribution in [0.2, 0.25) is 0 Å². The number of ether oxygens (including phenoxy) is 1. The molecule has 0 aliphatic rings. The molecule has 0 bridgehead atoms. The summed E-state index contributed by atoms with van der Waals surface area (Å²) in [6.45, 7) is 2.45. The Balaban J connectivity index is 1.76. The second-order valence-electron chi connectivity index (χ2n) is 6.17. The number of halogens is 1. The zero-order chi connectivity index (χ0) is 21.1. The largest absolute Gasteiger partial charge is 0.494 e. The van der Waals surface area contributed by atoms with Crippen LogP contribution in [0, 0.1) is 0 Å². The number of sulfone groups is 1. The molecule has 7 nitrogen and oxygen atoms in total. The number of hydrogen-bond acceptors (Lipinski definition) is 7. The van der Waals surface area contributed by atoms with Crippen molar-refractivity contribution in [3.05, 3.63) is 71.4 Å². The van der Waals surface area contributed by atoms with E-state index >= 15 is 0 Å². The number of oxazole rings is 1. The fourth-order valence-electron chi connectivity index (χ4n) is 2.73. The van der Waals surface area contributed by atoms with Gasteiger partial charge in [-0.2, -0.15) is 4.98 Å². The van der Waals surface area contributed by atoms with Crippen LogP contribution in [0.4, 0.5) is 11.6 Å². The van der Waals surface area contributed by atoms with E-state index in [-0.39, 0.29) is 21.7 Å². The molecule has 0 spiro atoms. The van der Waals surface area contributed by atoms with E-state index in [1.807, 2.05) is 6.92 Å².